The number of rotatable bonds is 16. The quantitative estimate of drug-likeness (QED) is 0.239. The monoisotopic (exact) mass is 580 g/mol. The SMILES string of the molecule is CC(C)C[C@@H](NC(=O)[C@H](CCc1ccccc1)NC(=O)CN1CCOCC1)C(=O)N[C@H](CCc1ccccc1)C(=O)O. The van der Waals surface area contributed by atoms with E-state index in [0.717, 1.165) is 11.1 Å². The number of hydrogen-bond donors (Lipinski definition) is 4. The van der Waals surface area contributed by atoms with Gasteiger partial charge in [0.05, 0.1) is 19.8 Å². The molecule has 0 spiro atoms. The molecule has 0 aromatic heterocycles. The number of aliphatic carboxylic acids is 1. The van der Waals surface area contributed by atoms with Crippen LogP contribution in [0.4, 0.5) is 0 Å². The standard InChI is InChI=1S/C32H44N4O6/c1-23(2)21-28(31(39)34-27(32(40)41)16-14-25-11-7-4-8-12-25)35-30(38)26(15-13-24-9-5-3-6-10-24)33-29(37)22-36-17-19-42-20-18-36/h3-12,23,26-28H,13-22H2,1-2H3,(H,33,37)(H,34,39)(H,35,38)(H,40,41)/t26-,27+,28+/m0/s1. The summed E-state index contributed by atoms with van der Waals surface area (Å²) < 4.78 is 5.35. The van der Waals surface area contributed by atoms with Crippen molar-refractivity contribution >= 4 is 23.7 Å². The molecule has 42 heavy (non-hydrogen) atoms. The Kier molecular flexibility index (Phi) is 13.5. The molecule has 1 heterocycles. The van der Waals surface area contributed by atoms with Crippen LogP contribution in [0.3, 0.4) is 0 Å². The number of benzene rings is 2. The maximum Gasteiger partial charge on any atom is 0.326 e. The minimum Gasteiger partial charge on any atom is -0.480 e. The van der Waals surface area contributed by atoms with Crippen molar-refractivity contribution in [1.29, 1.82) is 0 Å². The van der Waals surface area contributed by atoms with Crippen molar-refractivity contribution in [3.63, 3.8) is 0 Å². The number of nitrogens with zero attached hydrogens (tertiary/aromatic N) is 1. The van der Waals surface area contributed by atoms with Crippen molar-refractivity contribution < 1.29 is 29.0 Å². The molecule has 3 rings (SSSR count). The number of carboxylic acid groups (broad SMARTS) is 1. The van der Waals surface area contributed by atoms with Crippen LogP contribution in [0.1, 0.15) is 44.2 Å². The second-order valence-corrected chi connectivity index (χ2v) is 11.1. The summed E-state index contributed by atoms with van der Waals surface area (Å²) in [5.74, 6) is -2.39. The summed E-state index contributed by atoms with van der Waals surface area (Å²) >= 11 is 0. The second-order valence-electron chi connectivity index (χ2n) is 11.1. The zero-order valence-electron chi connectivity index (χ0n) is 24.6. The summed E-state index contributed by atoms with van der Waals surface area (Å²) in [5.41, 5.74) is 2.00. The first-order valence-electron chi connectivity index (χ1n) is 14.7. The molecule has 0 aliphatic carbocycles. The van der Waals surface area contributed by atoms with E-state index in [1.165, 1.54) is 0 Å². The minimum atomic E-state index is -1.13. The first kappa shape index (κ1) is 32.8. The highest BCUT2D eigenvalue weighted by atomic mass is 16.5. The Morgan fingerprint density at radius 1 is 0.762 bits per heavy atom. The van der Waals surface area contributed by atoms with Gasteiger partial charge in [0.15, 0.2) is 0 Å². The van der Waals surface area contributed by atoms with Crippen molar-refractivity contribution in [3.05, 3.63) is 71.8 Å². The second kappa shape index (κ2) is 17.3. The van der Waals surface area contributed by atoms with E-state index in [1.54, 1.807) is 0 Å². The number of carbonyl (C=O) groups excluding carboxylic acids is 3. The smallest absolute Gasteiger partial charge is 0.326 e. The molecule has 1 saturated heterocycles. The number of nitrogens with one attached hydrogen (secondary N) is 3. The Morgan fingerprint density at radius 2 is 1.26 bits per heavy atom. The molecular formula is C32H44N4O6. The van der Waals surface area contributed by atoms with Crippen LogP contribution in [0.25, 0.3) is 0 Å². The maximum absolute atomic E-state index is 13.6. The Balaban J connectivity index is 1.67. The number of amides is 3. The third-order valence-corrected chi connectivity index (χ3v) is 7.21. The van der Waals surface area contributed by atoms with Crippen LogP contribution in [0.2, 0.25) is 0 Å². The van der Waals surface area contributed by atoms with E-state index in [-0.39, 0.29) is 24.8 Å². The van der Waals surface area contributed by atoms with Crippen LogP contribution in [-0.4, -0.2) is 84.7 Å². The summed E-state index contributed by atoms with van der Waals surface area (Å²) in [5, 5.41) is 18.1. The van der Waals surface area contributed by atoms with Crippen molar-refractivity contribution in [3.8, 4) is 0 Å². The van der Waals surface area contributed by atoms with Crippen molar-refractivity contribution in [2.24, 2.45) is 5.92 Å². The third kappa shape index (κ3) is 11.6. The number of ether oxygens (including phenoxy) is 1. The first-order valence-corrected chi connectivity index (χ1v) is 14.7. The van der Waals surface area contributed by atoms with E-state index in [0.29, 0.717) is 52.0 Å². The van der Waals surface area contributed by atoms with E-state index in [9.17, 15) is 24.3 Å². The predicted molar refractivity (Wildman–Crippen MR) is 160 cm³/mol. The Bertz CT molecular complexity index is 1140. The van der Waals surface area contributed by atoms with Gasteiger partial charge in [0.25, 0.3) is 0 Å². The molecule has 10 heteroatoms. The molecule has 0 bridgehead atoms. The normalized spacial score (nSPS) is 15.8. The molecule has 0 radical (unpaired) electrons. The van der Waals surface area contributed by atoms with Gasteiger partial charge in [-0.15, -0.1) is 0 Å². The number of carbonyl (C=O) groups is 4. The average molecular weight is 581 g/mol. The summed E-state index contributed by atoms with van der Waals surface area (Å²) in [6.07, 6.45) is 1.91. The van der Waals surface area contributed by atoms with Gasteiger partial charge >= 0.3 is 5.97 Å². The van der Waals surface area contributed by atoms with Gasteiger partial charge in [0, 0.05) is 13.1 Å². The molecule has 0 saturated carbocycles. The largest absolute Gasteiger partial charge is 0.480 e. The van der Waals surface area contributed by atoms with Gasteiger partial charge in [-0.3, -0.25) is 19.3 Å². The molecule has 4 N–H and O–H groups in total. The predicted octanol–water partition coefficient (Wildman–Crippen LogP) is 2.17. The van der Waals surface area contributed by atoms with Crippen molar-refractivity contribution in [1.82, 2.24) is 20.9 Å². The first-order chi connectivity index (χ1) is 20.2. The van der Waals surface area contributed by atoms with E-state index >= 15 is 0 Å². The highest BCUT2D eigenvalue weighted by Gasteiger charge is 2.30. The number of hydrogen-bond acceptors (Lipinski definition) is 6. The van der Waals surface area contributed by atoms with Crippen LogP contribution in [-0.2, 0) is 36.8 Å². The lowest BCUT2D eigenvalue weighted by molar-refractivity contribution is -0.142. The molecule has 1 fully saturated rings. The van der Waals surface area contributed by atoms with Crippen LogP contribution < -0.4 is 16.0 Å². The molecule has 2 aromatic rings. The summed E-state index contributed by atoms with van der Waals surface area (Å²) in [7, 11) is 0. The highest BCUT2D eigenvalue weighted by Crippen LogP contribution is 2.11. The molecule has 1 aliphatic rings. The van der Waals surface area contributed by atoms with Gasteiger partial charge in [-0.1, -0.05) is 74.5 Å². The molecule has 1 aliphatic heterocycles. The Morgan fingerprint density at radius 3 is 1.79 bits per heavy atom. The molecule has 3 amide bonds. The molecule has 10 nitrogen and oxygen atoms in total. The fraction of sp³-hybridized carbons (Fsp3) is 0.500. The lowest BCUT2D eigenvalue weighted by Gasteiger charge is -2.28. The van der Waals surface area contributed by atoms with E-state index in [4.69, 9.17) is 4.74 Å². The van der Waals surface area contributed by atoms with Gasteiger partial charge in [-0.2, -0.15) is 0 Å². The summed E-state index contributed by atoms with van der Waals surface area (Å²) in [4.78, 5) is 53.8. The lowest BCUT2D eigenvalue weighted by Crippen LogP contribution is -2.57. The zero-order chi connectivity index (χ0) is 30.3. The fourth-order valence-electron chi connectivity index (χ4n) is 4.89. The highest BCUT2D eigenvalue weighted by molar-refractivity contribution is 5.93. The molecule has 3 atom stereocenters. The van der Waals surface area contributed by atoms with Crippen molar-refractivity contribution in [2.45, 2.75) is 64.1 Å². The number of carboxylic acids is 1. The van der Waals surface area contributed by atoms with E-state index in [1.807, 2.05) is 79.4 Å². The molecule has 228 valence electrons. The number of morpholine rings is 1. The molecule has 0 unspecified atom stereocenters. The van der Waals surface area contributed by atoms with Gasteiger partial charge in [-0.25, -0.2) is 4.79 Å². The minimum absolute atomic E-state index is 0.0485. The van der Waals surface area contributed by atoms with E-state index < -0.39 is 35.9 Å². The topological polar surface area (TPSA) is 137 Å². The third-order valence-electron chi connectivity index (χ3n) is 7.21. The van der Waals surface area contributed by atoms with Gasteiger partial charge < -0.3 is 25.8 Å². The van der Waals surface area contributed by atoms with Crippen LogP contribution in [0, 0.1) is 5.92 Å². The van der Waals surface area contributed by atoms with Crippen molar-refractivity contribution in [2.75, 3.05) is 32.8 Å². The fourth-order valence-corrected chi connectivity index (χ4v) is 4.89. The Labute approximate surface area is 248 Å². The van der Waals surface area contributed by atoms with Gasteiger partial charge in [0.2, 0.25) is 17.7 Å². The summed E-state index contributed by atoms with van der Waals surface area (Å²) in [6.45, 7) is 6.39. The Hall–Kier alpha value is -3.76. The zero-order valence-corrected chi connectivity index (χ0v) is 24.6. The van der Waals surface area contributed by atoms with Gasteiger partial charge in [-0.05, 0) is 49.1 Å². The van der Waals surface area contributed by atoms with Gasteiger partial charge in [0.1, 0.15) is 18.1 Å². The molecular weight excluding hydrogens is 536 g/mol. The van der Waals surface area contributed by atoms with Crippen LogP contribution in [0.15, 0.2) is 60.7 Å². The maximum atomic E-state index is 13.6. The van der Waals surface area contributed by atoms with Crippen LogP contribution in [0.5, 0.6) is 0 Å². The summed E-state index contributed by atoms with van der Waals surface area (Å²) in [6, 6.07) is 16.2. The van der Waals surface area contributed by atoms with E-state index in [2.05, 4.69) is 16.0 Å². The average Bonchev–Trinajstić information content (AvgIpc) is 2.98. The number of aryl methyl sites for hydroxylation is 2. The van der Waals surface area contributed by atoms with Crippen LogP contribution >= 0.6 is 0 Å². The molecule has 2 aromatic carbocycles. The lowest BCUT2D eigenvalue weighted by atomic mass is 10.00.